The highest BCUT2D eigenvalue weighted by molar-refractivity contribution is 7.89. The van der Waals surface area contributed by atoms with Crippen LogP contribution in [0.4, 0.5) is 5.82 Å². The molecule has 100 valence electrons. The molecule has 18 heavy (non-hydrogen) atoms. The van der Waals surface area contributed by atoms with E-state index in [1.807, 2.05) is 6.92 Å². The van der Waals surface area contributed by atoms with Gasteiger partial charge in [-0.05, 0) is 24.5 Å². The molecule has 2 atom stereocenters. The molecule has 1 aromatic heterocycles. The van der Waals surface area contributed by atoms with Crippen LogP contribution in [-0.2, 0) is 10.0 Å². The van der Waals surface area contributed by atoms with E-state index in [1.165, 1.54) is 22.6 Å². The van der Waals surface area contributed by atoms with Crippen LogP contribution in [0.5, 0.6) is 0 Å². The second-order valence-electron chi connectivity index (χ2n) is 4.62. The highest BCUT2D eigenvalue weighted by Crippen LogP contribution is 2.23. The second-order valence-corrected chi connectivity index (χ2v) is 6.55. The molecule has 2 rings (SSSR count). The minimum Gasteiger partial charge on any atom is -0.393 e. The first-order valence-corrected chi connectivity index (χ1v) is 7.25. The summed E-state index contributed by atoms with van der Waals surface area (Å²) in [6.45, 7) is 2.50. The zero-order valence-corrected chi connectivity index (χ0v) is 11.0. The van der Waals surface area contributed by atoms with Gasteiger partial charge in [-0.3, -0.25) is 0 Å². The first-order valence-electron chi connectivity index (χ1n) is 5.81. The van der Waals surface area contributed by atoms with Gasteiger partial charge in [0.25, 0.3) is 0 Å². The van der Waals surface area contributed by atoms with E-state index in [0.29, 0.717) is 19.5 Å². The number of hydrogen-bond donors (Lipinski definition) is 2. The maximum absolute atomic E-state index is 12.3. The van der Waals surface area contributed by atoms with Crippen molar-refractivity contribution in [2.45, 2.75) is 24.3 Å². The molecular weight excluding hydrogens is 254 g/mol. The van der Waals surface area contributed by atoms with Crippen LogP contribution in [0.1, 0.15) is 13.3 Å². The number of aliphatic hydroxyl groups is 1. The molecule has 0 aromatic carbocycles. The van der Waals surface area contributed by atoms with Crippen LogP contribution < -0.4 is 5.73 Å². The SMILES string of the molecule is CC1CN(S(=O)(=O)c2ccc(N)nc2)CCC1O. The van der Waals surface area contributed by atoms with Crippen LogP contribution in [0.3, 0.4) is 0 Å². The molecule has 2 unspecified atom stereocenters. The molecule has 1 aliphatic rings. The fraction of sp³-hybridized carbons (Fsp3) is 0.545. The minimum atomic E-state index is -3.53. The summed E-state index contributed by atoms with van der Waals surface area (Å²) in [5.74, 6) is 0.228. The lowest BCUT2D eigenvalue weighted by Gasteiger charge is -2.33. The number of rotatable bonds is 2. The van der Waals surface area contributed by atoms with Crippen LogP contribution in [0.2, 0.25) is 0 Å². The normalized spacial score (nSPS) is 26.1. The Bertz CT molecular complexity index is 515. The zero-order chi connectivity index (χ0) is 13.3. The molecule has 0 bridgehead atoms. The molecule has 1 fully saturated rings. The Hall–Kier alpha value is -1.18. The number of aromatic nitrogens is 1. The van der Waals surface area contributed by atoms with Gasteiger partial charge in [-0.2, -0.15) is 4.31 Å². The van der Waals surface area contributed by atoms with Gasteiger partial charge in [0.1, 0.15) is 10.7 Å². The van der Waals surface area contributed by atoms with E-state index < -0.39 is 16.1 Å². The maximum atomic E-state index is 12.3. The molecule has 0 amide bonds. The first-order chi connectivity index (χ1) is 8.41. The molecular formula is C11H17N3O3S. The van der Waals surface area contributed by atoms with E-state index >= 15 is 0 Å². The number of hydrogen-bond acceptors (Lipinski definition) is 5. The number of nitrogens with two attached hydrogens (primary N) is 1. The van der Waals surface area contributed by atoms with E-state index in [1.54, 1.807) is 0 Å². The van der Waals surface area contributed by atoms with Crippen molar-refractivity contribution < 1.29 is 13.5 Å². The number of nitrogen functional groups attached to an aromatic ring is 1. The molecule has 1 saturated heterocycles. The zero-order valence-electron chi connectivity index (χ0n) is 10.2. The van der Waals surface area contributed by atoms with Gasteiger partial charge in [0.2, 0.25) is 10.0 Å². The number of aliphatic hydroxyl groups excluding tert-OH is 1. The quantitative estimate of drug-likeness (QED) is 0.792. The van der Waals surface area contributed by atoms with Crippen molar-refractivity contribution in [2.24, 2.45) is 5.92 Å². The van der Waals surface area contributed by atoms with Gasteiger partial charge in [-0.15, -0.1) is 0 Å². The molecule has 1 aromatic rings. The van der Waals surface area contributed by atoms with Crippen LogP contribution in [0.25, 0.3) is 0 Å². The second kappa shape index (κ2) is 4.83. The Labute approximate surface area is 106 Å². The van der Waals surface area contributed by atoms with Crippen molar-refractivity contribution in [2.75, 3.05) is 18.8 Å². The number of pyridine rings is 1. The third kappa shape index (κ3) is 2.47. The lowest BCUT2D eigenvalue weighted by Crippen LogP contribution is -2.44. The van der Waals surface area contributed by atoms with Crippen LogP contribution in [0, 0.1) is 5.92 Å². The third-order valence-corrected chi connectivity index (χ3v) is 5.07. The fourth-order valence-corrected chi connectivity index (χ4v) is 3.51. The molecule has 1 aliphatic heterocycles. The van der Waals surface area contributed by atoms with E-state index in [9.17, 15) is 13.5 Å². The van der Waals surface area contributed by atoms with Crippen LogP contribution in [-0.4, -0.2) is 42.0 Å². The van der Waals surface area contributed by atoms with Crippen molar-refractivity contribution in [1.29, 1.82) is 0 Å². The van der Waals surface area contributed by atoms with Gasteiger partial charge in [-0.1, -0.05) is 6.92 Å². The molecule has 7 heteroatoms. The number of sulfonamides is 1. The van der Waals surface area contributed by atoms with Gasteiger partial charge in [0, 0.05) is 19.3 Å². The lowest BCUT2D eigenvalue weighted by molar-refractivity contribution is 0.0628. The van der Waals surface area contributed by atoms with Crippen LogP contribution >= 0.6 is 0 Å². The van der Waals surface area contributed by atoms with Crippen molar-refractivity contribution in [3.63, 3.8) is 0 Å². The molecule has 0 spiro atoms. The summed E-state index contributed by atoms with van der Waals surface area (Å²) in [4.78, 5) is 3.94. The molecule has 0 saturated carbocycles. The molecule has 2 heterocycles. The average Bonchev–Trinajstić information content (AvgIpc) is 2.33. The lowest BCUT2D eigenvalue weighted by atomic mass is 9.99. The minimum absolute atomic E-state index is 0.0599. The molecule has 0 aliphatic carbocycles. The van der Waals surface area contributed by atoms with Gasteiger partial charge in [0.15, 0.2) is 0 Å². The predicted molar refractivity (Wildman–Crippen MR) is 67.2 cm³/mol. The maximum Gasteiger partial charge on any atom is 0.244 e. The highest BCUT2D eigenvalue weighted by atomic mass is 32.2. The highest BCUT2D eigenvalue weighted by Gasteiger charge is 2.32. The van der Waals surface area contributed by atoms with Gasteiger partial charge in [0.05, 0.1) is 6.10 Å². The Balaban J connectivity index is 2.24. The van der Waals surface area contributed by atoms with Crippen molar-refractivity contribution in [3.8, 4) is 0 Å². The Kier molecular flexibility index (Phi) is 3.56. The summed E-state index contributed by atoms with van der Waals surface area (Å²) in [6, 6.07) is 2.92. The smallest absolute Gasteiger partial charge is 0.244 e. The third-order valence-electron chi connectivity index (χ3n) is 3.22. The van der Waals surface area contributed by atoms with Crippen molar-refractivity contribution >= 4 is 15.8 Å². The summed E-state index contributed by atoms with van der Waals surface area (Å²) in [5.41, 5.74) is 5.44. The van der Waals surface area contributed by atoms with E-state index in [-0.39, 0.29) is 16.6 Å². The van der Waals surface area contributed by atoms with Gasteiger partial charge < -0.3 is 10.8 Å². The number of piperidine rings is 1. The standard InChI is InChI=1S/C11H17N3O3S/c1-8-7-14(5-4-10(8)15)18(16,17)9-2-3-11(12)13-6-9/h2-3,6,8,10,15H,4-5,7H2,1H3,(H2,12,13). The Morgan fingerprint density at radius 2 is 2.22 bits per heavy atom. The van der Waals surface area contributed by atoms with E-state index in [0.717, 1.165) is 0 Å². The van der Waals surface area contributed by atoms with Crippen LogP contribution in [0.15, 0.2) is 23.2 Å². The Morgan fingerprint density at radius 3 is 2.78 bits per heavy atom. The summed E-state index contributed by atoms with van der Waals surface area (Å²) < 4.78 is 26.0. The number of nitrogens with zero attached hydrogens (tertiary/aromatic N) is 2. The average molecular weight is 271 g/mol. The molecule has 3 N–H and O–H groups in total. The summed E-state index contributed by atoms with van der Waals surface area (Å²) in [6.07, 6.45) is 1.30. The largest absolute Gasteiger partial charge is 0.393 e. The van der Waals surface area contributed by atoms with E-state index in [2.05, 4.69) is 4.98 Å². The summed E-state index contributed by atoms with van der Waals surface area (Å²) in [7, 11) is -3.53. The number of anilines is 1. The molecule has 0 radical (unpaired) electrons. The summed E-state index contributed by atoms with van der Waals surface area (Å²) >= 11 is 0. The monoisotopic (exact) mass is 271 g/mol. The van der Waals surface area contributed by atoms with Crippen molar-refractivity contribution in [3.05, 3.63) is 18.3 Å². The van der Waals surface area contributed by atoms with Crippen molar-refractivity contribution in [1.82, 2.24) is 9.29 Å². The van der Waals surface area contributed by atoms with E-state index in [4.69, 9.17) is 5.73 Å². The van der Waals surface area contributed by atoms with Gasteiger partial charge in [-0.25, -0.2) is 13.4 Å². The topological polar surface area (TPSA) is 96.5 Å². The first kappa shape index (κ1) is 13.3. The fourth-order valence-electron chi connectivity index (χ4n) is 2.01. The molecule has 6 nitrogen and oxygen atoms in total. The van der Waals surface area contributed by atoms with Gasteiger partial charge >= 0.3 is 0 Å². The Morgan fingerprint density at radius 1 is 1.50 bits per heavy atom. The summed E-state index contributed by atoms with van der Waals surface area (Å²) in [5, 5.41) is 9.62. The predicted octanol–water partition coefficient (Wildman–Crippen LogP) is 0.0552.